The molecule has 0 aliphatic carbocycles. The van der Waals surface area contributed by atoms with Crippen LogP contribution in [0.2, 0.25) is 10.0 Å². The molecule has 0 bridgehead atoms. The van der Waals surface area contributed by atoms with E-state index < -0.39 is 5.91 Å². The summed E-state index contributed by atoms with van der Waals surface area (Å²) in [7, 11) is 0. The molecular weight excluding hydrogens is 585 g/mol. The van der Waals surface area contributed by atoms with Crippen molar-refractivity contribution in [3.63, 3.8) is 0 Å². The second-order valence-corrected chi connectivity index (χ2v) is 9.35. The van der Waals surface area contributed by atoms with Gasteiger partial charge in [-0.2, -0.15) is 5.10 Å². The summed E-state index contributed by atoms with van der Waals surface area (Å²) >= 11 is 18.8. The maximum absolute atomic E-state index is 12.6. The number of furan rings is 1. The molecule has 2 aromatic heterocycles. The number of carbonyl (C=O) groups is 1. The highest BCUT2D eigenvalue weighted by Crippen LogP contribution is 2.28. The lowest BCUT2D eigenvalue weighted by atomic mass is 10.2. The van der Waals surface area contributed by atoms with Crippen molar-refractivity contribution in [1.29, 1.82) is 0 Å². The highest BCUT2D eigenvalue weighted by atomic mass is 79.9. The first-order valence-corrected chi connectivity index (χ1v) is 11.7. The number of nitrogens with one attached hydrogen (secondary N) is 1. The summed E-state index contributed by atoms with van der Waals surface area (Å²) in [4.78, 5) is 12.6. The van der Waals surface area contributed by atoms with Crippen LogP contribution in [0.15, 0.2) is 74.2 Å². The lowest BCUT2D eigenvalue weighted by molar-refractivity contribution is 0.0992. The largest absolute Gasteiger partial charge is 0.484 e. The first-order chi connectivity index (χ1) is 15.4. The topological polar surface area (TPSA) is 69.3 Å². The SMILES string of the molecule is O=C(Nc1nn(Cc2ccc(Cl)cc2)cc1Br)c1ccc(COc2ccc(Br)cc2Cl)o1. The Kier molecular flexibility index (Phi) is 7.25. The lowest BCUT2D eigenvalue weighted by Crippen LogP contribution is -2.12. The van der Waals surface area contributed by atoms with E-state index in [1.165, 1.54) is 0 Å². The Morgan fingerprint density at radius 3 is 2.62 bits per heavy atom. The number of carbonyl (C=O) groups excluding carboxylic acids is 1. The van der Waals surface area contributed by atoms with Crippen LogP contribution in [0.25, 0.3) is 0 Å². The zero-order valence-electron chi connectivity index (χ0n) is 16.3. The standard InChI is InChI=1S/C22H15Br2Cl2N3O3/c23-14-3-7-19(18(26)9-14)31-12-16-6-8-20(32-16)22(30)27-21-17(24)11-29(28-21)10-13-1-4-15(25)5-2-13/h1-9,11H,10,12H2,(H,27,28,30). The van der Waals surface area contributed by atoms with Crippen molar-refractivity contribution < 1.29 is 13.9 Å². The first kappa shape index (κ1) is 22.9. The fraction of sp³-hybridized carbons (Fsp3) is 0.0909. The van der Waals surface area contributed by atoms with Crippen molar-refractivity contribution in [2.24, 2.45) is 0 Å². The van der Waals surface area contributed by atoms with Crippen LogP contribution >= 0.6 is 55.1 Å². The van der Waals surface area contributed by atoms with Crippen molar-refractivity contribution >= 4 is 66.8 Å². The fourth-order valence-corrected chi connectivity index (χ4v) is 4.10. The van der Waals surface area contributed by atoms with Gasteiger partial charge in [-0.05, 0) is 64.0 Å². The maximum Gasteiger partial charge on any atom is 0.292 e. The number of amides is 1. The maximum atomic E-state index is 12.6. The van der Waals surface area contributed by atoms with Crippen LogP contribution in [0.3, 0.4) is 0 Å². The molecular formula is C22H15Br2Cl2N3O3. The van der Waals surface area contributed by atoms with Gasteiger partial charge in [-0.15, -0.1) is 0 Å². The summed E-state index contributed by atoms with van der Waals surface area (Å²) in [5.74, 6) is 1.12. The van der Waals surface area contributed by atoms with E-state index in [4.69, 9.17) is 32.4 Å². The molecule has 1 amide bonds. The molecule has 0 atom stereocenters. The minimum Gasteiger partial charge on any atom is -0.484 e. The van der Waals surface area contributed by atoms with E-state index in [2.05, 4.69) is 42.3 Å². The highest BCUT2D eigenvalue weighted by Gasteiger charge is 2.16. The van der Waals surface area contributed by atoms with Crippen LogP contribution in [0, 0.1) is 0 Å². The smallest absolute Gasteiger partial charge is 0.292 e. The Balaban J connectivity index is 1.37. The van der Waals surface area contributed by atoms with E-state index in [9.17, 15) is 4.79 Å². The average molecular weight is 600 g/mol. The molecule has 0 radical (unpaired) electrons. The van der Waals surface area contributed by atoms with Gasteiger partial charge in [0.15, 0.2) is 11.6 Å². The highest BCUT2D eigenvalue weighted by molar-refractivity contribution is 9.10. The number of rotatable bonds is 7. The van der Waals surface area contributed by atoms with Gasteiger partial charge < -0.3 is 14.5 Å². The van der Waals surface area contributed by atoms with Crippen LogP contribution in [-0.2, 0) is 13.2 Å². The number of benzene rings is 2. The molecule has 2 aromatic carbocycles. The minimum atomic E-state index is -0.421. The Morgan fingerprint density at radius 2 is 1.88 bits per heavy atom. The minimum absolute atomic E-state index is 0.133. The number of nitrogens with zero attached hydrogens (tertiary/aromatic N) is 2. The van der Waals surface area contributed by atoms with Gasteiger partial charge in [0.25, 0.3) is 5.91 Å². The summed E-state index contributed by atoms with van der Waals surface area (Å²) in [5, 5.41) is 8.30. The van der Waals surface area contributed by atoms with E-state index >= 15 is 0 Å². The molecule has 0 saturated heterocycles. The average Bonchev–Trinajstić information content (AvgIpc) is 3.36. The van der Waals surface area contributed by atoms with Crippen LogP contribution < -0.4 is 10.1 Å². The van der Waals surface area contributed by atoms with Gasteiger partial charge in [-0.3, -0.25) is 9.48 Å². The third-order valence-electron chi connectivity index (χ3n) is 4.36. The molecule has 4 aromatic rings. The second kappa shape index (κ2) is 10.1. The van der Waals surface area contributed by atoms with Crippen molar-refractivity contribution in [1.82, 2.24) is 9.78 Å². The number of ether oxygens (including phenoxy) is 1. The number of hydrogen-bond donors (Lipinski definition) is 1. The zero-order valence-corrected chi connectivity index (χ0v) is 21.0. The Morgan fingerprint density at radius 1 is 1.09 bits per heavy atom. The third-order valence-corrected chi connectivity index (χ3v) is 5.98. The number of aromatic nitrogens is 2. The molecule has 0 fully saturated rings. The zero-order chi connectivity index (χ0) is 22.7. The Bertz CT molecular complexity index is 1260. The van der Waals surface area contributed by atoms with Gasteiger partial charge in [0.2, 0.25) is 0 Å². The lowest BCUT2D eigenvalue weighted by Gasteiger charge is -2.06. The van der Waals surface area contributed by atoms with Crippen LogP contribution in [-0.4, -0.2) is 15.7 Å². The molecule has 32 heavy (non-hydrogen) atoms. The number of anilines is 1. The monoisotopic (exact) mass is 597 g/mol. The molecule has 0 aliphatic rings. The van der Waals surface area contributed by atoms with E-state index in [0.717, 1.165) is 10.0 Å². The van der Waals surface area contributed by atoms with E-state index in [-0.39, 0.29) is 12.4 Å². The molecule has 6 nitrogen and oxygen atoms in total. The molecule has 4 rings (SSSR count). The Labute approximate surface area is 210 Å². The quantitative estimate of drug-likeness (QED) is 0.244. The van der Waals surface area contributed by atoms with E-state index in [0.29, 0.717) is 38.4 Å². The summed E-state index contributed by atoms with van der Waals surface area (Å²) < 4.78 is 14.5. The van der Waals surface area contributed by atoms with Gasteiger partial charge >= 0.3 is 0 Å². The molecule has 0 unspecified atom stereocenters. The van der Waals surface area contributed by atoms with E-state index in [1.807, 2.05) is 30.3 Å². The molecule has 0 saturated carbocycles. The normalized spacial score (nSPS) is 10.9. The molecule has 0 aliphatic heterocycles. The summed E-state index contributed by atoms with van der Waals surface area (Å²) in [6.45, 7) is 0.667. The summed E-state index contributed by atoms with van der Waals surface area (Å²) in [6, 6.07) is 16.1. The Hall–Kier alpha value is -2.26. The van der Waals surface area contributed by atoms with Crippen molar-refractivity contribution in [2.45, 2.75) is 13.2 Å². The van der Waals surface area contributed by atoms with Gasteiger partial charge in [0.05, 0.1) is 16.0 Å². The van der Waals surface area contributed by atoms with Crippen molar-refractivity contribution in [3.8, 4) is 5.75 Å². The second-order valence-electron chi connectivity index (χ2n) is 6.73. The van der Waals surface area contributed by atoms with Crippen molar-refractivity contribution in [2.75, 3.05) is 5.32 Å². The predicted molar refractivity (Wildman–Crippen MR) is 131 cm³/mol. The van der Waals surface area contributed by atoms with Crippen LogP contribution in [0.5, 0.6) is 5.75 Å². The van der Waals surface area contributed by atoms with Gasteiger partial charge in [-0.25, -0.2) is 0 Å². The molecule has 10 heteroatoms. The number of halogens is 4. The predicted octanol–water partition coefficient (Wildman–Crippen LogP) is 7.19. The van der Waals surface area contributed by atoms with Gasteiger partial charge in [0.1, 0.15) is 18.1 Å². The molecule has 2 heterocycles. The molecule has 1 N–H and O–H groups in total. The fourth-order valence-electron chi connectivity index (χ4n) is 2.83. The molecule has 0 spiro atoms. The van der Waals surface area contributed by atoms with E-state index in [1.54, 1.807) is 35.1 Å². The van der Waals surface area contributed by atoms with Gasteiger partial charge in [-0.1, -0.05) is 51.3 Å². The first-order valence-electron chi connectivity index (χ1n) is 9.33. The molecule has 164 valence electrons. The third kappa shape index (κ3) is 5.75. The number of hydrogen-bond acceptors (Lipinski definition) is 4. The van der Waals surface area contributed by atoms with Crippen LogP contribution in [0.4, 0.5) is 5.82 Å². The van der Waals surface area contributed by atoms with Crippen molar-refractivity contribution in [3.05, 3.63) is 96.9 Å². The van der Waals surface area contributed by atoms with Crippen LogP contribution in [0.1, 0.15) is 21.9 Å². The summed E-state index contributed by atoms with van der Waals surface area (Å²) in [6.07, 6.45) is 1.79. The van der Waals surface area contributed by atoms with Gasteiger partial charge in [0, 0.05) is 15.7 Å². The summed E-state index contributed by atoms with van der Waals surface area (Å²) in [5.41, 5.74) is 1.03.